The highest BCUT2D eigenvalue weighted by Gasteiger charge is 2.50. The number of aliphatic hydroxyl groups is 1. The maximum Gasteiger partial charge on any atom is 0.388 e. The molecule has 2 aliphatic carbocycles. The molecule has 2 saturated heterocycles. The summed E-state index contributed by atoms with van der Waals surface area (Å²) in [6, 6.07) is 19.7. The molecule has 3 aliphatic heterocycles. The van der Waals surface area contributed by atoms with Gasteiger partial charge in [0.15, 0.2) is 5.75 Å². The smallest absolute Gasteiger partial charge is 0.388 e. The van der Waals surface area contributed by atoms with Gasteiger partial charge in [-0.2, -0.15) is 13.8 Å². The summed E-state index contributed by atoms with van der Waals surface area (Å²) in [5.74, 6) is -1.30. The Kier molecular flexibility index (Phi) is 13.5. The second kappa shape index (κ2) is 19.5. The number of alkyl halides is 2. The van der Waals surface area contributed by atoms with Crippen molar-refractivity contribution >= 4 is 50.1 Å². The van der Waals surface area contributed by atoms with Crippen molar-refractivity contribution in [3.8, 4) is 23.1 Å². The topological polar surface area (TPSA) is 189 Å². The monoisotopic (exact) mass is 1010 g/mol. The number of nitro benzene ring substituents is 1. The summed E-state index contributed by atoms with van der Waals surface area (Å²) in [6.45, 7) is 5.80. The van der Waals surface area contributed by atoms with Gasteiger partial charge in [-0.3, -0.25) is 19.8 Å². The zero-order valence-corrected chi connectivity index (χ0v) is 41.7. The molecular weight excluding hydrogens is 955 g/mol. The maximum absolute atomic E-state index is 14.2. The predicted molar refractivity (Wildman–Crippen MR) is 265 cm³/mol. The van der Waals surface area contributed by atoms with Crippen LogP contribution in [0.5, 0.6) is 23.1 Å². The second-order valence-electron chi connectivity index (χ2n) is 20.8. The number of halogens is 2. The number of likely N-dealkylation sites (tertiary alicyclic amines) is 1. The average Bonchev–Trinajstić information content (AvgIpc) is 4.01. The number of anilines is 1. The highest BCUT2D eigenvalue weighted by Crippen LogP contribution is 2.55. The lowest BCUT2D eigenvalue weighted by Gasteiger charge is -2.56. The number of H-pyrrole nitrogens is 1. The fourth-order valence-electron chi connectivity index (χ4n) is 11.7. The summed E-state index contributed by atoms with van der Waals surface area (Å²) in [4.78, 5) is 37.6. The van der Waals surface area contributed by atoms with Gasteiger partial charge in [0.1, 0.15) is 28.6 Å². The highest BCUT2D eigenvalue weighted by atomic mass is 32.2. The molecule has 5 aromatic rings. The first-order chi connectivity index (χ1) is 33.9. The van der Waals surface area contributed by atoms with Crippen molar-refractivity contribution in [3.05, 3.63) is 99.7 Å². The number of carbonyl (C=O) groups excluding carboxylic acids is 1. The Labute approximate surface area is 416 Å². The Balaban J connectivity index is 0.878. The first kappa shape index (κ1) is 49.1. The van der Waals surface area contributed by atoms with E-state index in [0.29, 0.717) is 67.3 Å². The van der Waals surface area contributed by atoms with Gasteiger partial charge >= 0.3 is 6.61 Å². The molecule has 3 N–H and O–H groups in total. The van der Waals surface area contributed by atoms with Gasteiger partial charge in [0, 0.05) is 65.9 Å². The van der Waals surface area contributed by atoms with Gasteiger partial charge in [-0.25, -0.2) is 13.1 Å². The molecule has 15 nitrogen and oxygen atoms in total. The summed E-state index contributed by atoms with van der Waals surface area (Å²) in [5.41, 5.74) is 2.58. The second-order valence-corrected chi connectivity index (χ2v) is 23.8. The third kappa shape index (κ3) is 10.3. The summed E-state index contributed by atoms with van der Waals surface area (Å²) in [6.07, 6.45) is 11.7. The van der Waals surface area contributed by atoms with Crippen molar-refractivity contribution in [2.45, 2.75) is 137 Å². The maximum atomic E-state index is 14.2. The fraction of sp³-hybridized carbons (Fsp3) is 0.500. The first-order valence-electron chi connectivity index (χ1n) is 24.7. The first-order valence-corrected chi connectivity index (χ1v) is 27.1. The molecule has 5 heterocycles. The van der Waals surface area contributed by atoms with E-state index in [0.717, 1.165) is 57.6 Å². The molecule has 4 fully saturated rings. The van der Waals surface area contributed by atoms with Crippen LogP contribution in [0.1, 0.15) is 125 Å². The van der Waals surface area contributed by atoms with E-state index in [4.69, 9.17) is 14.2 Å². The van der Waals surface area contributed by atoms with Crippen molar-refractivity contribution in [2.24, 2.45) is 11.3 Å². The number of carbonyl (C=O) groups is 1. The van der Waals surface area contributed by atoms with Crippen LogP contribution in [0, 0.1) is 21.4 Å². The van der Waals surface area contributed by atoms with Gasteiger partial charge in [0.25, 0.3) is 27.5 Å². The third-order valence-corrected chi connectivity index (χ3v) is 18.2. The van der Waals surface area contributed by atoms with Gasteiger partial charge in [-0.15, -0.1) is 11.8 Å². The van der Waals surface area contributed by atoms with E-state index in [1.807, 2.05) is 6.92 Å². The van der Waals surface area contributed by atoms with Gasteiger partial charge in [-0.1, -0.05) is 38.1 Å². The molecule has 378 valence electrons. The van der Waals surface area contributed by atoms with E-state index in [-0.39, 0.29) is 50.6 Å². The number of fused-ring (bicyclic) bond motifs is 2. The van der Waals surface area contributed by atoms with Crippen LogP contribution in [0.3, 0.4) is 0 Å². The molecule has 3 aromatic carbocycles. The van der Waals surface area contributed by atoms with Crippen molar-refractivity contribution in [2.75, 3.05) is 31.1 Å². The van der Waals surface area contributed by atoms with Crippen molar-refractivity contribution in [3.63, 3.8) is 0 Å². The van der Waals surface area contributed by atoms with Crippen LogP contribution in [-0.2, 0) is 10.0 Å². The molecular formula is C52H60F2N6O9S2. The molecule has 19 heteroatoms. The average molecular weight is 1020 g/mol. The van der Waals surface area contributed by atoms with E-state index in [2.05, 4.69) is 62.6 Å². The molecule has 1 amide bonds. The predicted octanol–water partition coefficient (Wildman–Crippen LogP) is 10.9. The highest BCUT2D eigenvalue weighted by molar-refractivity contribution is 8.00. The van der Waals surface area contributed by atoms with Crippen molar-refractivity contribution in [1.82, 2.24) is 19.6 Å². The van der Waals surface area contributed by atoms with Gasteiger partial charge in [-0.05, 0) is 137 Å². The molecule has 0 bridgehead atoms. The number of aromatic amines is 1. The molecule has 0 unspecified atom stereocenters. The van der Waals surface area contributed by atoms with Gasteiger partial charge in [0.2, 0.25) is 0 Å². The molecule has 2 aromatic heterocycles. The molecule has 71 heavy (non-hydrogen) atoms. The molecule has 1 spiro atoms. The van der Waals surface area contributed by atoms with Crippen LogP contribution in [0.15, 0.2) is 82.7 Å². The van der Waals surface area contributed by atoms with Crippen LogP contribution in [0.25, 0.3) is 11.0 Å². The fourth-order valence-corrected chi connectivity index (χ4v) is 14.1. The number of nitrogens with one attached hydrogen (secondary N) is 2. The molecule has 2 saturated carbocycles. The Morgan fingerprint density at radius 1 is 1.03 bits per heavy atom. The number of thioether (sulfide) groups is 1. The summed E-state index contributed by atoms with van der Waals surface area (Å²) < 4.78 is 74.7. The lowest BCUT2D eigenvalue weighted by atomic mass is 9.59. The van der Waals surface area contributed by atoms with Gasteiger partial charge < -0.3 is 29.2 Å². The molecule has 5 aliphatic rings. The van der Waals surface area contributed by atoms with Crippen molar-refractivity contribution < 1.29 is 46.2 Å². The van der Waals surface area contributed by atoms with Crippen LogP contribution >= 0.6 is 11.8 Å². The Morgan fingerprint density at radius 2 is 1.79 bits per heavy atom. The number of nitrogens with zero attached hydrogens (tertiary/aromatic N) is 4. The summed E-state index contributed by atoms with van der Waals surface area (Å²) in [7, 11) is -4.78. The number of piperidine rings is 1. The van der Waals surface area contributed by atoms with E-state index in [1.54, 1.807) is 24.4 Å². The number of amides is 1. The minimum atomic E-state index is -4.78. The normalized spacial score (nSPS) is 23.7. The number of hydrogen-bond acceptors (Lipinski definition) is 13. The Hall–Kier alpha value is -5.50. The Morgan fingerprint density at radius 3 is 2.52 bits per heavy atom. The Bertz CT molecular complexity index is 2930. The largest absolute Gasteiger partial charge is 0.491 e. The van der Waals surface area contributed by atoms with Crippen LogP contribution in [0.2, 0.25) is 0 Å². The van der Waals surface area contributed by atoms with Crippen molar-refractivity contribution in [1.29, 1.82) is 0 Å². The molecule has 2 atom stereocenters. The number of rotatable bonds is 14. The number of hydrogen-bond donors (Lipinski definition) is 3. The summed E-state index contributed by atoms with van der Waals surface area (Å²) in [5, 5.41) is 23.2. The summed E-state index contributed by atoms with van der Waals surface area (Å²) >= 11 is 1.27. The number of ether oxygens (including phenoxy) is 3. The quantitative estimate of drug-likeness (QED) is 0.0704. The van der Waals surface area contributed by atoms with Gasteiger partial charge in [0.05, 0.1) is 21.0 Å². The standard InChI is InChI=1S/C52H60F2N6O9S2/c1-31(2)38-7-4-5-8-39(38)41-9-6-20-59(41)35-28-52(29-35)17-21-58(22-18-52)34-10-11-40(43(25-34)68-45-24-33-14-19-55-47(33)56-49(45)69-50(53)54)48(61)57-71(65,66)37-26-42(60(63)64)46-44(27-37)67-30-36(70-46)23-32-12-15-51(3,62)16-13-32/h4-5,7-8,10-11,14,19,24-27,31-32,35-36,41,50,62H,6,9,12-13,15-18,20-23,28-30H2,1-3H3,(H,55,56)(H,57,61)/t32?,36-,41+,51?/m0/s1. The van der Waals surface area contributed by atoms with Crippen LogP contribution in [0.4, 0.5) is 20.2 Å². The van der Waals surface area contributed by atoms with E-state index >= 15 is 0 Å². The number of benzene rings is 3. The van der Waals surface area contributed by atoms with E-state index < -0.39 is 49.5 Å². The zero-order chi connectivity index (χ0) is 49.8. The minimum Gasteiger partial charge on any atom is -0.491 e. The molecule has 0 radical (unpaired) electrons. The lowest BCUT2D eigenvalue weighted by molar-refractivity contribution is -0.388. The number of aromatic nitrogens is 2. The van der Waals surface area contributed by atoms with Crippen LogP contribution in [-0.4, -0.2) is 89.0 Å². The number of nitro groups is 1. The SMILES string of the molecule is CC(C)c1ccccc1[C@H]1CCCN1C1CC2(CCN(c3ccc(C(=O)NS(=O)(=O)c4cc5c(c([N+](=O)[O-])c4)S[C@@H](CC4CCC(C)(O)CC4)CO5)c(Oc4cc5cc[nH]c5nc4OC(F)F)c3)CC2)C1. The molecule has 10 rings (SSSR count). The third-order valence-electron chi connectivity index (χ3n) is 15.6. The van der Waals surface area contributed by atoms with E-state index in [9.17, 15) is 37.2 Å². The lowest BCUT2D eigenvalue weighted by Crippen LogP contribution is -2.54. The zero-order valence-electron chi connectivity index (χ0n) is 40.1. The van der Waals surface area contributed by atoms with E-state index in [1.165, 1.54) is 47.5 Å². The van der Waals surface area contributed by atoms with Crippen LogP contribution < -0.4 is 23.8 Å². The number of pyridine rings is 1. The minimum absolute atomic E-state index is 0.0146. The number of sulfonamides is 1.